The Labute approximate surface area is 118 Å². The van der Waals surface area contributed by atoms with Gasteiger partial charge in [0.15, 0.2) is 0 Å². The highest BCUT2D eigenvalue weighted by Crippen LogP contribution is 2.38. The number of amides is 1. The van der Waals surface area contributed by atoms with E-state index < -0.39 is 0 Å². The molecule has 1 saturated heterocycles. The van der Waals surface area contributed by atoms with Crippen LogP contribution in [0.15, 0.2) is 23.1 Å². The van der Waals surface area contributed by atoms with E-state index in [4.69, 9.17) is 11.6 Å². The molecule has 1 amide bonds. The fourth-order valence-corrected chi connectivity index (χ4v) is 3.65. The third-order valence-electron chi connectivity index (χ3n) is 4.19. The Morgan fingerprint density at radius 3 is 2.61 bits per heavy atom. The van der Waals surface area contributed by atoms with E-state index in [1.54, 1.807) is 18.2 Å². The average Bonchev–Trinajstić information content (AvgIpc) is 2.91. The molecule has 2 aliphatic rings. The van der Waals surface area contributed by atoms with Crippen molar-refractivity contribution in [3.05, 3.63) is 28.8 Å². The molecule has 0 spiro atoms. The molecule has 0 radical (unpaired) electrons. The fourth-order valence-electron chi connectivity index (χ4n) is 3.25. The first kappa shape index (κ1) is 12.4. The molecule has 0 aromatic heterocycles. The predicted octanol–water partition coefficient (Wildman–Crippen LogP) is 3.50. The van der Waals surface area contributed by atoms with Crippen LogP contribution in [0.4, 0.5) is 0 Å². The van der Waals surface area contributed by atoms with Gasteiger partial charge < -0.3 is 4.90 Å². The number of carbonyl (C=O) groups is 1. The van der Waals surface area contributed by atoms with Crippen LogP contribution in [0.3, 0.4) is 0 Å². The van der Waals surface area contributed by atoms with Gasteiger partial charge in [0.1, 0.15) is 0 Å². The normalized spacial score (nSPS) is 26.4. The van der Waals surface area contributed by atoms with Crippen LogP contribution in [-0.4, -0.2) is 23.9 Å². The van der Waals surface area contributed by atoms with E-state index in [0.29, 0.717) is 22.4 Å². The third kappa shape index (κ3) is 2.14. The molecular weight excluding hydrogens is 266 g/mol. The Kier molecular flexibility index (Phi) is 3.29. The molecule has 18 heavy (non-hydrogen) atoms. The van der Waals surface area contributed by atoms with E-state index >= 15 is 0 Å². The summed E-state index contributed by atoms with van der Waals surface area (Å²) in [4.78, 5) is 15.2. The van der Waals surface area contributed by atoms with Crippen LogP contribution in [-0.2, 0) is 0 Å². The van der Waals surface area contributed by atoms with Gasteiger partial charge in [-0.2, -0.15) is 0 Å². The monoisotopic (exact) mass is 281 g/mol. The lowest BCUT2D eigenvalue weighted by atomic mass is 10.0. The molecule has 0 N–H and O–H groups in total. The number of thiol groups is 1. The Bertz CT molecular complexity index is 479. The van der Waals surface area contributed by atoms with Crippen LogP contribution in [0.25, 0.3) is 0 Å². The summed E-state index contributed by atoms with van der Waals surface area (Å²) in [5.74, 6) is 1.49. The van der Waals surface area contributed by atoms with E-state index in [0.717, 1.165) is 18.0 Å². The molecule has 1 aromatic carbocycles. The fraction of sp³-hybridized carbons (Fsp3) is 0.500. The number of halogens is 1. The van der Waals surface area contributed by atoms with Gasteiger partial charge in [-0.05, 0) is 42.9 Å². The molecule has 0 bridgehead atoms. The molecule has 2 fully saturated rings. The molecular formula is C14H16ClNOS. The zero-order valence-electron chi connectivity index (χ0n) is 10.1. The van der Waals surface area contributed by atoms with E-state index in [1.165, 1.54) is 19.3 Å². The summed E-state index contributed by atoms with van der Waals surface area (Å²) in [6, 6.07) is 5.32. The van der Waals surface area contributed by atoms with Crippen molar-refractivity contribution in [2.24, 2.45) is 11.8 Å². The van der Waals surface area contributed by atoms with Gasteiger partial charge in [-0.1, -0.05) is 18.0 Å². The first-order chi connectivity index (χ1) is 8.65. The molecule has 96 valence electrons. The lowest BCUT2D eigenvalue weighted by Crippen LogP contribution is -2.29. The Hall–Kier alpha value is -0.670. The van der Waals surface area contributed by atoms with Gasteiger partial charge in [0.05, 0.1) is 10.6 Å². The minimum atomic E-state index is 0.0605. The summed E-state index contributed by atoms with van der Waals surface area (Å²) in [5, 5.41) is 0.523. The van der Waals surface area contributed by atoms with Gasteiger partial charge in [-0.3, -0.25) is 4.79 Å². The quantitative estimate of drug-likeness (QED) is 0.781. The molecule has 1 aliphatic heterocycles. The first-order valence-corrected chi connectivity index (χ1v) is 7.25. The minimum absolute atomic E-state index is 0.0605. The molecule has 2 nitrogen and oxygen atoms in total. The van der Waals surface area contributed by atoms with Gasteiger partial charge >= 0.3 is 0 Å². The van der Waals surface area contributed by atoms with Crippen molar-refractivity contribution in [2.75, 3.05) is 13.1 Å². The number of rotatable bonds is 1. The van der Waals surface area contributed by atoms with Crippen molar-refractivity contribution in [2.45, 2.75) is 24.2 Å². The minimum Gasteiger partial charge on any atom is -0.338 e. The number of carbonyl (C=O) groups excluding carboxylic acids is 1. The SMILES string of the molecule is O=C(c1cc(S)ccc1Cl)N1CC2CCCC2C1. The maximum Gasteiger partial charge on any atom is 0.255 e. The van der Waals surface area contributed by atoms with Crippen molar-refractivity contribution in [1.29, 1.82) is 0 Å². The van der Waals surface area contributed by atoms with Crippen LogP contribution in [0.2, 0.25) is 5.02 Å². The number of hydrogen-bond acceptors (Lipinski definition) is 2. The van der Waals surface area contributed by atoms with Crippen LogP contribution in [0, 0.1) is 11.8 Å². The van der Waals surface area contributed by atoms with E-state index in [-0.39, 0.29) is 5.91 Å². The van der Waals surface area contributed by atoms with Gasteiger partial charge in [0, 0.05) is 18.0 Å². The Morgan fingerprint density at radius 1 is 1.28 bits per heavy atom. The summed E-state index contributed by atoms with van der Waals surface area (Å²) in [6.45, 7) is 1.80. The van der Waals surface area contributed by atoms with E-state index in [2.05, 4.69) is 12.6 Å². The maximum absolute atomic E-state index is 12.5. The number of fused-ring (bicyclic) bond motifs is 1. The number of hydrogen-bond donors (Lipinski definition) is 1. The van der Waals surface area contributed by atoms with Crippen LogP contribution in [0.1, 0.15) is 29.6 Å². The second-order valence-corrected chi connectivity index (χ2v) is 6.25. The zero-order valence-corrected chi connectivity index (χ0v) is 11.8. The highest BCUT2D eigenvalue weighted by Gasteiger charge is 2.38. The van der Waals surface area contributed by atoms with Crippen LogP contribution < -0.4 is 0 Å². The van der Waals surface area contributed by atoms with Gasteiger partial charge in [0.2, 0.25) is 0 Å². The lowest BCUT2D eigenvalue weighted by Gasteiger charge is -2.18. The molecule has 4 heteroatoms. The van der Waals surface area contributed by atoms with Gasteiger partial charge in [-0.25, -0.2) is 0 Å². The zero-order chi connectivity index (χ0) is 12.7. The largest absolute Gasteiger partial charge is 0.338 e. The average molecular weight is 282 g/mol. The summed E-state index contributed by atoms with van der Waals surface area (Å²) in [7, 11) is 0. The van der Waals surface area contributed by atoms with Crippen LogP contribution in [0.5, 0.6) is 0 Å². The smallest absolute Gasteiger partial charge is 0.255 e. The molecule has 1 aromatic rings. The summed E-state index contributed by atoms with van der Waals surface area (Å²) in [6.07, 6.45) is 3.87. The number of likely N-dealkylation sites (tertiary alicyclic amines) is 1. The second-order valence-electron chi connectivity index (χ2n) is 5.33. The topological polar surface area (TPSA) is 20.3 Å². The van der Waals surface area contributed by atoms with E-state index in [9.17, 15) is 4.79 Å². The van der Waals surface area contributed by atoms with Crippen molar-refractivity contribution in [3.63, 3.8) is 0 Å². The van der Waals surface area contributed by atoms with Gasteiger partial charge in [0.25, 0.3) is 5.91 Å². The molecule has 1 heterocycles. The standard InChI is InChI=1S/C14H16ClNOS/c15-13-5-4-11(18)6-12(13)14(17)16-7-9-2-1-3-10(9)8-16/h4-6,9-10,18H,1-3,7-8H2. The second kappa shape index (κ2) is 4.78. The first-order valence-electron chi connectivity index (χ1n) is 6.43. The summed E-state index contributed by atoms with van der Waals surface area (Å²) in [5.41, 5.74) is 0.587. The highest BCUT2D eigenvalue weighted by molar-refractivity contribution is 7.80. The molecule has 2 atom stereocenters. The van der Waals surface area contributed by atoms with Crippen molar-refractivity contribution in [1.82, 2.24) is 4.90 Å². The Morgan fingerprint density at radius 2 is 1.94 bits per heavy atom. The van der Waals surface area contributed by atoms with Gasteiger partial charge in [-0.15, -0.1) is 12.6 Å². The number of nitrogens with zero attached hydrogens (tertiary/aromatic N) is 1. The predicted molar refractivity (Wildman–Crippen MR) is 75.4 cm³/mol. The van der Waals surface area contributed by atoms with Crippen molar-refractivity contribution < 1.29 is 4.79 Å². The number of benzene rings is 1. The maximum atomic E-state index is 12.5. The van der Waals surface area contributed by atoms with E-state index in [1.807, 2.05) is 4.90 Å². The van der Waals surface area contributed by atoms with Crippen molar-refractivity contribution >= 4 is 30.1 Å². The highest BCUT2D eigenvalue weighted by atomic mass is 35.5. The lowest BCUT2D eigenvalue weighted by molar-refractivity contribution is 0.0780. The Balaban J connectivity index is 1.81. The molecule has 1 saturated carbocycles. The van der Waals surface area contributed by atoms with Crippen molar-refractivity contribution in [3.8, 4) is 0 Å². The molecule has 2 unspecified atom stereocenters. The summed E-state index contributed by atoms with van der Waals surface area (Å²) >= 11 is 10.4. The molecule has 3 rings (SSSR count). The third-order valence-corrected chi connectivity index (χ3v) is 4.80. The summed E-state index contributed by atoms with van der Waals surface area (Å²) < 4.78 is 0. The molecule has 1 aliphatic carbocycles. The van der Waals surface area contributed by atoms with Crippen LogP contribution >= 0.6 is 24.2 Å².